The molecule has 1 atom stereocenters. The van der Waals surface area contributed by atoms with Gasteiger partial charge in [0, 0.05) is 5.92 Å². The minimum Gasteiger partial charge on any atom is -0.243 e. The lowest BCUT2D eigenvalue weighted by molar-refractivity contribution is 0.699. The Morgan fingerprint density at radius 2 is 1.68 bits per heavy atom. The van der Waals surface area contributed by atoms with Gasteiger partial charge in [-0.05, 0) is 17.5 Å². The average Bonchev–Trinajstić information content (AvgIpc) is 3.34. The molecule has 0 spiro atoms. The third-order valence-electron chi connectivity index (χ3n) is 5.09. The van der Waals surface area contributed by atoms with Crippen LogP contribution in [0.1, 0.15) is 36.2 Å². The summed E-state index contributed by atoms with van der Waals surface area (Å²) in [5.74, 6) is 0.981. The number of hydrogen-bond acceptors (Lipinski definition) is 4. The van der Waals surface area contributed by atoms with Crippen LogP contribution in [-0.4, -0.2) is 29.4 Å². The Hall–Kier alpha value is -3.54. The SMILES string of the molecule is CC[C@H](c1ccccc1)c1nc2c3cnn(Cc4ccccc4)c3ncn2n1. The zero-order valence-electron chi connectivity index (χ0n) is 15.6. The Bertz CT molecular complexity index is 1220. The van der Waals surface area contributed by atoms with Crippen molar-refractivity contribution in [3.05, 3.63) is 90.1 Å². The molecule has 3 aromatic heterocycles. The molecule has 0 aliphatic heterocycles. The molecule has 28 heavy (non-hydrogen) atoms. The first-order valence-electron chi connectivity index (χ1n) is 9.49. The second kappa shape index (κ2) is 6.88. The zero-order chi connectivity index (χ0) is 18.9. The Kier molecular flexibility index (Phi) is 4.09. The van der Waals surface area contributed by atoms with E-state index in [4.69, 9.17) is 10.1 Å². The molecule has 3 heterocycles. The molecule has 0 fully saturated rings. The molecule has 5 rings (SSSR count). The Morgan fingerprint density at radius 1 is 0.929 bits per heavy atom. The highest BCUT2D eigenvalue weighted by Crippen LogP contribution is 2.27. The summed E-state index contributed by atoms with van der Waals surface area (Å²) in [6.45, 7) is 2.84. The van der Waals surface area contributed by atoms with Gasteiger partial charge in [-0.1, -0.05) is 67.6 Å². The van der Waals surface area contributed by atoms with Gasteiger partial charge < -0.3 is 0 Å². The first-order valence-corrected chi connectivity index (χ1v) is 9.49. The second-order valence-electron chi connectivity index (χ2n) is 6.88. The molecule has 0 amide bonds. The van der Waals surface area contributed by atoms with Gasteiger partial charge in [0.2, 0.25) is 0 Å². The summed E-state index contributed by atoms with van der Waals surface area (Å²) in [5, 5.41) is 10.2. The molecule has 138 valence electrons. The molecular weight excluding hydrogens is 348 g/mol. The predicted octanol–water partition coefficient (Wildman–Crippen LogP) is 4.06. The van der Waals surface area contributed by atoms with Crippen molar-refractivity contribution >= 4 is 16.7 Å². The first kappa shape index (κ1) is 16.6. The van der Waals surface area contributed by atoms with Crippen molar-refractivity contribution in [1.82, 2.24) is 29.4 Å². The maximum Gasteiger partial charge on any atom is 0.170 e. The highest BCUT2D eigenvalue weighted by Gasteiger charge is 2.19. The van der Waals surface area contributed by atoms with Gasteiger partial charge in [0.05, 0.1) is 18.1 Å². The molecular formula is C22H20N6. The minimum atomic E-state index is 0.163. The molecule has 0 bridgehead atoms. The van der Waals surface area contributed by atoms with Crippen LogP contribution in [0.15, 0.2) is 73.2 Å². The van der Waals surface area contributed by atoms with Crippen molar-refractivity contribution in [1.29, 1.82) is 0 Å². The number of nitrogens with zero attached hydrogens (tertiary/aromatic N) is 6. The highest BCUT2D eigenvalue weighted by atomic mass is 15.3. The van der Waals surface area contributed by atoms with E-state index in [9.17, 15) is 0 Å². The third-order valence-corrected chi connectivity index (χ3v) is 5.09. The van der Waals surface area contributed by atoms with Gasteiger partial charge in [-0.15, -0.1) is 5.10 Å². The van der Waals surface area contributed by atoms with E-state index in [1.54, 1.807) is 10.8 Å². The monoisotopic (exact) mass is 368 g/mol. The fraction of sp³-hybridized carbons (Fsp3) is 0.182. The van der Waals surface area contributed by atoms with Crippen molar-refractivity contribution in [2.45, 2.75) is 25.8 Å². The van der Waals surface area contributed by atoms with Gasteiger partial charge in [0.1, 0.15) is 6.33 Å². The summed E-state index contributed by atoms with van der Waals surface area (Å²) in [5.41, 5.74) is 4.04. The number of rotatable bonds is 5. The van der Waals surface area contributed by atoms with Crippen molar-refractivity contribution in [2.75, 3.05) is 0 Å². The molecule has 6 heteroatoms. The smallest absolute Gasteiger partial charge is 0.170 e. The molecule has 0 N–H and O–H groups in total. The van der Waals surface area contributed by atoms with E-state index in [0.717, 1.165) is 28.9 Å². The van der Waals surface area contributed by atoms with Gasteiger partial charge in [-0.25, -0.2) is 19.2 Å². The molecule has 0 aliphatic carbocycles. The fourth-order valence-corrected chi connectivity index (χ4v) is 3.66. The first-order chi connectivity index (χ1) is 13.8. The van der Waals surface area contributed by atoms with Gasteiger partial charge in [-0.3, -0.25) is 0 Å². The Labute approximate surface area is 162 Å². The van der Waals surface area contributed by atoms with Gasteiger partial charge in [0.25, 0.3) is 0 Å². The molecule has 5 aromatic rings. The number of fused-ring (bicyclic) bond motifs is 3. The summed E-state index contributed by atoms with van der Waals surface area (Å²) in [7, 11) is 0. The van der Waals surface area contributed by atoms with Crippen LogP contribution in [0.2, 0.25) is 0 Å². The van der Waals surface area contributed by atoms with Crippen LogP contribution in [0.5, 0.6) is 0 Å². The average molecular weight is 368 g/mol. The molecule has 0 unspecified atom stereocenters. The number of aromatic nitrogens is 6. The van der Waals surface area contributed by atoms with E-state index in [-0.39, 0.29) is 5.92 Å². The van der Waals surface area contributed by atoms with Gasteiger partial charge >= 0.3 is 0 Å². The normalized spacial score (nSPS) is 12.6. The minimum absolute atomic E-state index is 0.163. The summed E-state index contributed by atoms with van der Waals surface area (Å²) in [4.78, 5) is 9.46. The van der Waals surface area contributed by atoms with E-state index in [1.807, 2.05) is 35.1 Å². The maximum atomic E-state index is 4.87. The van der Waals surface area contributed by atoms with Crippen LogP contribution < -0.4 is 0 Å². The molecule has 6 nitrogen and oxygen atoms in total. The van der Waals surface area contributed by atoms with Crippen LogP contribution in [0.3, 0.4) is 0 Å². The van der Waals surface area contributed by atoms with E-state index in [0.29, 0.717) is 6.54 Å². The molecule has 0 radical (unpaired) electrons. The lowest BCUT2D eigenvalue weighted by Crippen LogP contribution is -2.03. The van der Waals surface area contributed by atoms with Crippen LogP contribution in [0, 0.1) is 0 Å². The van der Waals surface area contributed by atoms with Crippen molar-refractivity contribution in [2.24, 2.45) is 0 Å². The van der Waals surface area contributed by atoms with E-state index in [1.165, 1.54) is 11.1 Å². The van der Waals surface area contributed by atoms with Crippen molar-refractivity contribution in [3.8, 4) is 0 Å². The van der Waals surface area contributed by atoms with E-state index in [2.05, 4.69) is 53.4 Å². The van der Waals surface area contributed by atoms with Crippen LogP contribution >= 0.6 is 0 Å². The Balaban J connectivity index is 1.57. The van der Waals surface area contributed by atoms with Gasteiger partial charge in [0.15, 0.2) is 17.1 Å². The highest BCUT2D eigenvalue weighted by molar-refractivity contribution is 5.88. The molecule has 0 aliphatic rings. The van der Waals surface area contributed by atoms with E-state index < -0.39 is 0 Å². The topological polar surface area (TPSA) is 60.9 Å². The molecule has 0 saturated carbocycles. The standard InChI is InChI=1S/C22H20N6/c1-2-18(17-11-7-4-8-12-17)20-25-22-19-13-24-27(14-16-9-5-3-6-10-16)21(19)23-15-28(22)26-20/h3-13,15,18H,2,14H2,1H3/t18-/m1/s1. The van der Waals surface area contributed by atoms with Crippen molar-refractivity contribution < 1.29 is 0 Å². The fourth-order valence-electron chi connectivity index (χ4n) is 3.66. The Morgan fingerprint density at radius 3 is 2.43 bits per heavy atom. The summed E-state index contributed by atoms with van der Waals surface area (Å²) < 4.78 is 3.67. The lowest BCUT2D eigenvalue weighted by Gasteiger charge is -2.10. The van der Waals surface area contributed by atoms with Crippen molar-refractivity contribution in [3.63, 3.8) is 0 Å². The van der Waals surface area contributed by atoms with Gasteiger partial charge in [-0.2, -0.15) is 5.10 Å². The number of benzene rings is 2. The molecule has 2 aromatic carbocycles. The zero-order valence-corrected chi connectivity index (χ0v) is 15.6. The maximum absolute atomic E-state index is 4.87. The third kappa shape index (κ3) is 2.83. The lowest BCUT2D eigenvalue weighted by atomic mass is 9.96. The summed E-state index contributed by atoms with van der Waals surface area (Å²) in [6.07, 6.45) is 4.50. The predicted molar refractivity (Wildman–Crippen MR) is 108 cm³/mol. The van der Waals surface area contributed by atoms with Crippen LogP contribution in [0.4, 0.5) is 0 Å². The largest absolute Gasteiger partial charge is 0.243 e. The summed E-state index contributed by atoms with van der Waals surface area (Å²) >= 11 is 0. The van der Waals surface area contributed by atoms with Crippen LogP contribution in [-0.2, 0) is 6.54 Å². The quantitative estimate of drug-likeness (QED) is 0.469. The summed E-state index contributed by atoms with van der Waals surface area (Å²) in [6, 6.07) is 20.7. The second-order valence-corrected chi connectivity index (χ2v) is 6.88. The van der Waals surface area contributed by atoms with Crippen LogP contribution in [0.25, 0.3) is 16.7 Å². The number of hydrogen-bond donors (Lipinski definition) is 0. The molecule has 0 saturated heterocycles. The van der Waals surface area contributed by atoms with E-state index >= 15 is 0 Å².